The van der Waals surface area contributed by atoms with Crippen molar-refractivity contribution < 1.29 is 22.6 Å². The zero-order chi connectivity index (χ0) is 16.1. The standard InChI is InChI=1S/C16H26O5S/c1-15(2,3)22(16(4,5)6)18-7-8-11(21-22)13-9-10(12(9)19-8)14(17)20-13/h8-13H,7H2,1-6H3/t8-,9-,10+,11-,12-,13-/m1/s1. The van der Waals surface area contributed by atoms with Gasteiger partial charge in [0.25, 0.3) is 0 Å². The third-order valence-corrected chi connectivity index (χ3v) is 9.38. The van der Waals surface area contributed by atoms with Crippen LogP contribution < -0.4 is 0 Å². The molecule has 0 N–H and O–H groups in total. The van der Waals surface area contributed by atoms with Gasteiger partial charge in [-0.15, -0.1) is 0 Å². The Balaban J connectivity index is 1.68. The Morgan fingerprint density at radius 1 is 1.00 bits per heavy atom. The lowest BCUT2D eigenvalue weighted by molar-refractivity contribution is -0.188. The Morgan fingerprint density at radius 2 is 1.64 bits per heavy atom. The van der Waals surface area contributed by atoms with Crippen LogP contribution in [0, 0.1) is 11.8 Å². The molecule has 4 aliphatic rings. The van der Waals surface area contributed by atoms with Crippen LogP contribution in [-0.2, 0) is 22.6 Å². The van der Waals surface area contributed by atoms with Crippen molar-refractivity contribution in [1.29, 1.82) is 0 Å². The van der Waals surface area contributed by atoms with Crippen molar-refractivity contribution in [3.63, 3.8) is 0 Å². The van der Waals surface area contributed by atoms with Crippen molar-refractivity contribution in [1.82, 2.24) is 0 Å². The quantitative estimate of drug-likeness (QED) is 0.639. The molecule has 22 heavy (non-hydrogen) atoms. The van der Waals surface area contributed by atoms with E-state index in [4.69, 9.17) is 17.8 Å². The normalized spacial score (nSPS) is 47.3. The average molecular weight is 330 g/mol. The van der Waals surface area contributed by atoms with Gasteiger partial charge in [-0.2, -0.15) is 10.6 Å². The van der Waals surface area contributed by atoms with Crippen molar-refractivity contribution in [2.24, 2.45) is 11.8 Å². The van der Waals surface area contributed by atoms with Crippen LogP contribution in [0.5, 0.6) is 0 Å². The van der Waals surface area contributed by atoms with Crippen LogP contribution in [0.15, 0.2) is 0 Å². The van der Waals surface area contributed by atoms with Crippen LogP contribution in [0.25, 0.3) is 0 Å². The summed E-state index contributed by atoms with van der Waals surface area (Å²) >= 11 is 0. The molecule has 0 amide bonds. The third-order valence-electron chi connectivity index (χ3n) is 5.19. The van der Waals surface area contributed by atoms with Crippen LogP contribution in [-0.4, -0.2) is 46.5 Å². The maximum Gasteiger partial charge on any atom is 0.312 e. The molecule has 0 aromatic rings. The number of hydrogen-bond donors (Lipinski definition) is 0. The minimum absolute atomic E-state index is 0.0338. The molecule has 5 nitrogen and oxygen atoms in total. The van der Waals surface area contributed by atoms with E-state index >= 15 is 0 Å². The lowest BCUT2D eigenvalue weighted by atomic mass is 10.0. The lowest BCUT2D eigenvalue weighted by Crippen LogP contribution is -2.58. The van der Waals surface area contributed by atoms with Crippen LogP contribution in [0.2, 0.25) is 0 Å². The SMILES string of the molecule is CC(C)(C)S1(C(C)(C)C)OC[C@H]2O[C@H]3[C@H]4C(=O)O[C@@H]([C@@H]2O1)[C@@H]34. The summed E-state index contributed by atoms with van der Waals surface area (Å²) in [4.78, 5) is 11.9. The molecule has 0 aromatic carbocycles. The topological polar surface area (TPSA) is 54.0 Å². The third kappa shape index (κ3) is 1.75. The van der Waals surface area contributed by atoms with E-state index in [9.17, 15) is 4.79 Å². The average Bonchev–Trinajstić information content (AvgIpc) is 2.97. The lowest BCUT2D eigenvalue weighted by Gasteiger charge is -2.64. The minimum Gasteiger partial charge on any atom is -0.459 e. The van der Waals surface area contributed by atoms with Gasteiger partial charge in [0.15, 0.2) is 0 Å². The smallest absolute Gasteiger partial charge is 0.312 e. The molecule has 1 saturated carbocycles. The second-order valence-electron chi connectivity index (χ2n) is 8.72. The van der Waals surface area contributed by atoms with Gasteiger partial charge in [0.05, 0.1) is 21.5 Å². The fourth-order valence-corrected chi connectivity index (χ4v) is 8.44. The monoisotopic (exact) mass is 330 g/mol. The largest absolute Gasteiger partial charge is 0.459 e. The Bertz CT molecular complexity index is 506. The molecule has 3 saturated heterocycles. The van der Waals surface area contributed by atoms with Gasteiger partial charge in [0.1, 0.15) is 24.9 Å². The van der Waals surface area contributed by atoms with Gasteiger partial charge in [-0.05, 0) is 41.5 Å². The zero-order valence-electron chi connectivity index (χ0n) is 14.1. The van der Waals surface area contributed by atoms with Gasteiger partial charge in [0.2, 0.25) is 0 Å². The van der Waals surface area contributed by atoms with Crippen LogP contribution in [0.1, 0.15) is 41.5 Å². The molecule has 0 aromatic heterocycles. The van der Waals surface area contributed by atoms with E-state index in [-0.39, 0.29) is 51.7 Å². The van der Waals surface area contributed by atoms with Gasteiger partial charge < -0.3 is 9.47 Å². The molecule has 126 valence electrons. The molecule has 0 radical (unpaired) electrons. The first-order valence-electron chi connectivity index (χ1n) is 8.08. The summed E-state index contributed by atoms with van der Waals surface area (Å²) in [5.74, 6) is 0.0254. The Labute approximate surface area is 133 Å². The molecule has 6 heteroatoms. The van der Waals surface area contributed by atoms with Crippen molar-refractivity contribution in [2.75, 3.05) is 6.61 Å². The molecule has 1 aliphatic carbocycles. The molecule has 0 bridgehead atoms. The van der Waals surface area contributed by atoms with Gasteiger partial charge in [-0.1, -0.05) is 0 Å². The first-order chi connectivity index (χ1) is 10.1. The summed E-state index contributed by atoms with van der Waals surface area (Å²) in [7, 11) is -1.82. The molecular formula is C16H26O5S. The second-order valence-corrected chi connectivity index (χ2v) is 12.6. The Kier molecular flexibility index (Phi) is 2.91. The van der Waals surface area contributed by atoms with Gasteiger partial charge in [-0.25, -0.2) is 0 Å². The fourth-order valence-electron chi connectivity index (χ4n) is 4.39. The summed E-state index contributed by atoms with van der Waals surface area (Å²) < 4.78 is 24.4. The molecule has 3 aliphatic heterocycles. The highest BCUT2D eigenvalue weighted by atomic mass is 32.3. The van der Waals surface area contributed by atoms with E-state index in [1.807, 2.05) is 0 Å². The van der Waals surface area contributed by atoms with Crippen molar-refractivity contribution in [3.8, 4) is 0 Å². The van der Waals surface area contributed by atoms with Gasteiger partial charge in [0, 0.05) is 5.92 Å². The summed E-state index contributed by atoms with van der Waals surface area (Å²) in [6, 6.07) is 0. The van der Waals surface area contributed by atoms with Crippen molar-refractivity contribution in [2.45, 2.75) is 75.5 Å². The number of ether oxygens (including phenoxy) is 2. The molecule has 3 heterocycles. The van der Waals surface area contributed by atoms with Crippen molar-refractivity contribution >= 4 is 16.6 Å². The highest BCUT2D eigenvalue weighted by molar-refractivity contribution is 8.28. The predicted octanol–water partition coefficient (Wildman–Crippen LogP) is 2.57. The second kappa shape index (κ2) is 4.21. The summed E-state index contributed by atoms with van der Waals surface area (Å²) in [5.41, 5.74) is 0. The summed E-state index contributed by atoms with van der Waals surface area (Å²) in [6.07, 6.45) is -0.428. The van der Waals surface area contributed by atoms with Crippen LogP contribution in [0.4, 0.5) is 0 Å². The minimum atomic E-state index is -1.82. The highest BCUT2D eigenvalue weighted by Crippen LogP contribution is 2.73. The van der Waals surface area contributed by atoms with Crippen molar-refractivity contribution in [3.05, 3.63) is 0 Å². The number of hydrogen-bond acceptors (Lipinski definition) is 5. The maximum atomic E-state index is 11.9. The molecule has 6 atom stereocenters. The number of carbonyl (C=O) groups is 1. The maximum absolute atomic E-state index is 11.9. The Morgan fingerprint density at radius 3 is 2.23 bits per heavy atom. The molecule has 4 fully saturated rings. The van der Waals surface area contributed by atoms with E-state index in [2.05, 4.69) is 41.5 Å². The van der Waals surface area contributed by atoms with E-state index < -0.39 is 10.6 Å². The van der Waals surface area contributed by atoms with E-state index in [0.717, 1.165) is 0 Å². The first-order valence-corrected chi connectivity index (χ1v) is 9.56. The summed E-state index contributed by atoms with van der Waals surface area (Å²) in [6.45, 7) is 13.5. The van der Waals surface area contributed by atoms with Gasteiger partial charge >= 0.3 is 5.97 Å². The highest BCUT2D eigenvalue weighted by Gasteiger charge is 2.74. The number of carbonyl (C=O) groups excluding carboxylic acids is 1. The van der Waals surface area contributed by atoms with Gasteiger partial charge in [-0.3, -0.25) is 13.2 Å². The predicted molar refractivity (Wildman–Crippen MR) is 83.4 cm³/mol. The first kappa shape index (κ1) is 15.2. The van der Waals surface area contributed by atoms with E-state index in [1.165, 1.54) is 0 Å². The van der Waals surface area contributed by atoms with E-state index in [1.54, 1.807) is 0 Å². The molecule has 0 unspecified atom stereocenters. The zero-order valence-corrected chi connectivity index (χ0v) is 14.9. The summed E-state index contributed by atoms with van der Waals surface area (Å²) in [5, 5.41) is 0. The van der Waals surface area contributed by atoms with Crippen LogP contribution >= 0.6 is 10.6 Å². The Hall–Kier alpha value is -0.300. The number of fused-ring (bicyclic) bond motifs is 3. The molecular weight excluding hydrogens is 304 g/mol. The molecule has 4 rings (SSSR count). The number of rotatable bonds is 0. The molecule has 0 spiro atoms. The van der Waals surface area contributed by atoms with E-state index in [0.29, 0.717) is 6.61 Å². The van der Waals surface area contributed by atoms with Crippen LogP contribution in [0.3, 0.4) is 0 Å². The fraction of sp³-hybridized carbons (Fsp3) is 0.938. The number of esters is 1.